The number of carbonyl (C=O) groups is 1. The van der Waals surface area contributed by atoms with Crippen molar-refractivity contribution in [1.29, 1.82) is 0 Å². The fraction of sp³-hybridized carbons (Fsp3) is 0.179. The Kier molecular flexibility index (Phi) is 6.22. The summed E-state index contributed by atoms with van der Waals surface area (Å²) in [6.07, 6.45) is 3.30. The molecule has 0 atom stereocenters. The van der Waals surface area contributed by atoms with E-state index in [1.165, 1.54) is 5.56 Å². The maximum Gasteiger partial charge on any atom is 0.248 e. The molecule has 0 saturated carbocycles. The lowest BCUT2D eigenvalue weighted by molar-refractivity contribution is -0.111. The molecule has 4 aromatic rings. The van der Waals surface area contributed by atoms with E-state index >= 15 is 0 Å². The number of amides is 1. The fourth-order valence-electron chi connectivity index (χ4n) is 3.88. The van der Waals surface area contributed by atoms with Gasteiger partial charge in [-0.05, 0) is 61.7 Å². The predicted octanol–water partition coefficient (Wildman–Crippen LogP) is 6.78. The van der Waals surface area contributed by atoms with Crippen LogP contribution in [-0.2, 0) is 4.79 Å². The number of rotatable bonds is 6. The van der Waals surface area contributed by atoms with Crippen LogP contribution < -0.4 is 14.8 Å². The molecule has 3 aromatic carbocycles. The number of carbonyl (C=O) groups excluding carboxylic acids is 1. The molecule has 5 nitrogen and oxygen atoms in total. The lowest BCUT2D eigenvalue weighted by Crippen LogP contribution is -2.09. The van der Waals surface area contributed by atoms with Crippen molar-refractivity contribution < 1.29 is 18.7 Å². The Hall–Kier alpha value is -3.99. The molecule has 33 heavy (non-hydrogen) atoms. The number of anilines is 1. The summed E-state index contributed by atoms with van der Waals surface area (Å²) >= 11 is 0. The minimum absolute atomic E-state index is 0.199. The van der Waals surface area contributed by atoms with Crippen LogP contribution in [0.3, 0.4) is 0 Å². The van der Waals surface area contributed by atoms with Gasteiger partial charge in [-0.2, -0.15) is 0 Å². The first kappa shape index (κ1) is 22.2. The Morgan fingerprint density at radius 3 is 2.39 bits per heavy atom. The van der Waals surface area contributed by atoms with Crippen molar-refractivity contribution in [2.45, 2.75) is 20.8 Å². The summed E-state index contributed by atoms with van der Waals surface area (Å²) in [5.74, 6) is 1.20. The molecule has 1 aromatic heterocycles. The largest absolute Gasteiger partial charge is 0.496 e. The summed E-state index contributed by atoms with van der Waals surface area (Å²) < 4.78 is 17.0. The van der Waals surface area contributed by atoms with Gasteiger partial charge in [0.25, 0.3) is 0 Å². The van der Waals surface area contributed by atoms with Gasteiger partial charge in [0, 0.05) is 39.9 Å². The summed E-state index contributed by atoms with van der Waals surface area (Å²) in [7, 11) is 3.26. The molecule has 1 amide bonds. The van der Waals surface area contributed by atoms with E-state index in [1.54, 1.807) is 26.6 Å². The van der Waals surface area contributed by atoms with Crippen molar-refractivity contribution in [1.82, 2.24) is 0 Å². The predicted molar refractivity (Wildman–Crippen MR) is 133 cm³/mol. The molecule has 5 heteroatoms. The Labute approximate surface area is 193 Å². The Balaban J connectivity index is 1.72. The van der Waals surface area contributed by atoms with Crippen molar-refractivity contribution in [3.63, 3.8) is 0 Å². The van der Waals surface area contributed by atoms with Gasteiger partial charge < -0.3 is 19.2 Å². The topological polar surface area (TPSA) is 60.7 Å². The van der Waals surface area contributed by atoms with E-state index < -0.39 is 0 Å². The SMILES string of the molecule is COc1cc2occ(-c3ccccc3OC)c2cc1/C(C)=C/C(=O)Nc1ccc(C)c(C)c1. The second kappa shape index (κ2) is 9.25. The zero-order valence-electron chi connectivity index (χ0n) is 19.5. The van der Waals surface area contributed by atoms with E-state index in [9.17, 15) is 4.79 Å². The van der Waals surface area contributed by atoms with Crippen molar-refractivity contribution in [3.05, 3.63) is 83.6 Å². The average molecular weight is 442 g/mol. The number of aryl methyl sites for hydroxylation is 2. The highest BCUT2D eigenvalue weighted by molar-refractivity contribution is 6.05. The fourth-order valence-corrected chi connectivity index (χ4v) is 3.88. The van der Waals surface area contributed by atoms with Crippen LogP contribution in [-0.4, -0.2) is 20.1 Å². The molecule has 0 bridgehead atoms. The van der Waals surface area contributed by atoms with E-state index in [-0.39, 0.29) is 5.91 Å². The van der Waals surface area contributed by atoms with Crippen LogP contribution in [0.1, 0.15) is 23.6 Å². The van der Waals surface area contributed by atoms with E-state index in [1.807, 2.05) is 75.4 Å². The number of ether oxygens (including phenoxy) is 2. The molecule has 0 radical (unpaired) electrons. The molecule has 0 unspecified atom stereocenters. The highest BCUT2D eigenvalue weighted by Crippen LogP contribution is 2.40. The molecule has 0 aliphatic heterocycles. The number of allylic oxidation sites excluding steroid dienone is 1. The molecule has 4 rings (SSSR count). The highest BCUT2D eigenvalue weighted by Gasteiger charge is 2.17. The summed E-state index contributed by atoms with van der Waals surface area (Å²) in [5.41, 5.74) is 7.22. The number of hydrogen-bond donors (Lipinski definition) is 1. The summed E-state index contributed by atoms with van der Waals surface area (Å²) in [5, 5.41) is 3.86. The Morgan fingerprint density at radius 1 is 0.909 bits per heavy atom. The normalized spacial score (nSPS) is 11.5. The molecule has 168 valence electrons. The highest BCUT2D eigenvalue weighted by atomic mass is 16.5. The van der Waals surface area contributed by atoms with Gasteiger partial charge >= 0.3 is 0 Å². The summed E-state index contributed by atoms with van der Waals surface area (Å²) in [6, 6.07) is 17.5. The van der Waals surface area contributed by atoms with Gasteiger partial charge in [-0.1, -0.05) is 24.3 Å². The number of methoxy groups -OCH3 is 2. The molecule has 1 N–H and O–H groups in total. The van der Waals surface area contributed by atoms with Crippen molar-refractivity contribution in [3.8, 4) is 22.6 Å². The van der Waals surface area contributed by atoms with Gasteiger partial charge in [0.2, 0.25) is 5.91 Å². The molecule has 0 aliphatic carbocycles. The van der Waals surface area contributed by atoms with Crippen LogP contribution in [0, 0.1) is 13.8 Å². The van der Waals surface area contributed by atoms with Crippen LogP contribution in [0.25, 0.3) is 27.7 Å². The number of hydrogen-bond acceptors (Lipinski definition) is 4. The summed E-state index contributed by atoms with van der Waals surface area (Å²) in [6.45, 7) is 5.96. The number of benzene rings is 3. The summed E-state index contributed by atoms with van der Waals surface area (Å²) in [4.78, 5) is 12.7. The van der Waals surface area contributed by atoms with Crippen LogP contribution in [0.2, 0.25) is 0 Å². The van der Waals surface area contributed by atoms with Crippen LogP contribution in [0.4, 0.5) is 5.69 Å². The number of nitrogens with one attached hydrogen (secondary N) is 1. The van der Waals surface area contributed by atoms with Crippen LogP contribution >= 0.6 is 0 Å². The van der Waals surface area contributed by atoms with E-state index in [2.05, 4.69) is 5.32 Å². The number of para-hydroxylation sites is 1. The Bertz CT molecular complexity index is 1360. The van der Waals surface area contributed by atoms with Crippen molar-refractivity contribution >= 4 is 28.1 Å². The number of fused-ring (bicyclic) bond motifs is 1. The second-order valence-corrected chi connectivity index (χ2v) is 8.01. The molecule has 0 aliphatic rings. The third-order valence-corrected chi connectivity index (χ3v) is 5.84. The van der Waals surface area contributed by atoms with Gasteiger partial charge in [0.05, 0.1) is 20.5 Å². The van der Waals surface area contributed by atoms with E-state index in [0.29, 0.717) is 11.3 Å². The zero-order chi connectivity index (χ0) is 23.5. The van der Waals surface area contributed by atoms with Crippen molar-refractivity contribution in [2.75, 3.05) is 19.5 Å². The lowest BCUT2D eigenvalue weighted by atomic mass is 9.98. The zero-order valence-corrected chi connectivity index (χ0v) is 19.5. The maximum atomic E-state index is 12.7. The van der Waals surface area contributed by atoms with E-state index in [4.69, 9.17) is 13.9 Å². The second-order valence-electron chi connectivity index (χ2n) is 8.01. The quantitative estimate of drug-likeness (QED) is 0.335. The first-order chi connectivity index (χ1) is 15.9. The van der Waals surface area contributed by atoms with Gasteiger partial charge in [0.15, 0.2) is 0 Å². The third kappa shape index (κ3) is 4.48. The van der Waals surface area contributed by atoms with Crippen LogP contribution in [0.15, 0.2) is 71.4 Å². The van der Waals surface area contributed by atoms with Crippen LogP contribution in [0.5, 0.6) is 11.5 Å². The molecule has 1 heterocycles. The molecule has 0 spiro atoms. The number of furan rings is 1. The molecule has 0 fully saturated rings. The van der Waals surface area contributed by atoms with Gasteiger partial charge in [-0.25, -0.2) is 0 Å². The molecule has 0 saturated heterocycles. The minimum atomic E-state index is -0.199. The van der Waals surface area contributed by atoms with Gasteiger partial charge in [-0.15, -0.1) is 0 Å². The maximum absolute atomic E-state index is 12.7. The Morgan fingerprint density at radius 2 is 1.67 bits per heavy atom. The first-order valence-corrected chi connectivity index (χ1v) is 10.7. The molecular formula is C28H27NO4. The average Bonchev–Trinajstić information content (AvgIpc) is 3.23. The first-order valence-electron chi connectivity index (χ1n) is 10.7. The van der Waals surface area contributed by atoms with Crippen molar-refractivity contribution in [2.24, 2.45) is 0 Å². The lowest BCUT2D eigenvalue weighted by Gasteiger charge is -2.11. The third-order valence-electron chi connectivity index (χ3n) is 5.84. The minimum Gasteiger partial charge on any atom is -0.496 e. The molecular weight excluding hydrogens is 414 g/mol. The smallest absolute Gasteiger partial charge is 0.248 e. The van der Waals surface area contributed by atoms with E-state index in [0.717, 1.165) is 44.7 Å². The van der Waals surface area contributed by atoms with Gasteiger partial charge in [-0.3, -0.25) is 4.79 Å². The monoisotopic (exact) mass is 441 g/mol. The standard InChI is InChI=1S/C28H27NO4/c1-17-10-11-20(12-18(17)2)29-28(30)13-19(3)22-14-23-24(16-33-27(23)15-26(22)32-5)21-8-6-7-9-25(21)31-4/h6-16H,1-5H3,(H,29,30)/b19-13+. The van der Waals surface area contributed by atoms with Gasteiger partial charge in [0.1, 0.15) is 17.1 Å².